The third kappa shape index (κ3) is 7.54. The number of amides is 2. The number of unbranched alkanes of at least 4 members (excludes halogenated alkanes) is 2. The summed E-state index contributed by atoms with van der Waals surface area (Å²) in [5, 5.41) is 5.87. The van der Waals surface area contributed by atoms with Crippen molar-refractivity contribution in [3.05, 3.63) is 35.9 Å². The fraction of sp³-hybridized carbons (Fsp3) is 0.600. The minimum absolute atomic E-state index is 0.00203. The van der Waals surface area contributed by atoms with Gasteiger partial charge in [-0.3, -0.25) is 14.5 Å². The minimum atomic E-state index is -0.00203. The molecule has 0 saturated carbocycles. The van der Waals surface area contributed by atoms with Crippen LogP contribution in [0.15, 0.2) is 30.3 Å². The Morgan fingerprint density at radius 1 is 1.08 bits per heavy atom. The zero-order valence-electron chi connectivity index (χ0n) is 15.7. The molecule has 1 heterocycles. The lowest BCUT2D eigenvalue weighted by Gasteiger charge is -2.35. The topological polar surface area (TPSA) is 70.7 Å². The maximum atomic E-state index is 12.2. The number of hydrogen-bond acceptors (Lipinski definition) is 4. The van der Waals surface area contributed by atoms with Crippen molar-refractivity contribution >= 4 is 11.8 Å². The summed E-state index contributed by atoms with van der Waals surface area (Å²) in [7, 11) is 0. The first-order valence-electron chi connectivity index (χ1n) is 9.54. The zero-order chi connectivity index (χ0) is 18.6. The SMILES string of the molecule is CC(=O)NCCCCCC(=O)NCC(c1ccccc1)N1CCOCC1. The van der Waals surface area contributed by atoms with Crippen molar-refractivity contribution in [1.29, 1.82) is 0 Å². The number of benzene rings is 1. The van der Waals surface area contributed by atoms with E-state index in [2.05, 4.69) is 27.7 Å². The predicted octanol–water partition coefficient (Wildman–Crippen LogP) is 1.87. The fourth-order valence-corrected chi connectivity index (χ4v) is 3.17. The molecule has 6 nitrogen and oxygen atoms in total. The van der Waals surface area contributed by atoms with Crippen LogP contribution in [0.4, 0.5) is 0 Å². The second-order valence-corrected chi connectivity index (χ2v) is 6.67. The summed E-state index contributed by atoms with van der Waals surface area (Å²) in [6.07, 6.45) is 3.23. The summed E-state index contributed by atoms with van der Waals surface area (Å²) in [6.45, 7) is 6.08. The highest BCUT2D eigenvalue weighted by Gasteiger charge is 2.22. The highest BCUT2D eigenvalue weighted by molar-refractivity contribution is 5.75. The van der Waals surface area contributed by atoms with Crippen LogP contribution >= 0.6 is 0 Å². The maximum Gasteiger partial charge on any atom is 0.220 e. The molecule has 0 radical (unpaired) electrons. The quantitative estimate of drug-likeness (QED) is 0.624. The number of hydrogen-bond donors (Lipinski definition) is 2. The predicted molar refractivity (Wildman–Crippen MR) is 102 cm³/mol. The summed E-state index contributed by atoms with van der Waals surface area (Å²) >= 11 is 0. The van der Waals surface area contributed by atoms with Gasteiger partial charge in [0.25, 0.3) is 0 Å². The molecule has 2 N–H and O–H groups in total. The normalized spacial score (nSPS) is 16.0. The summed E-state index contributed by atoms with van der Waals surface area (Å²) in [6, 6.07) is 10.5. The first kappa shape index (κ1) is 20.4. The Bertz CT molecular complexity index is 544. The number of nitrogens with zero attached hydrogens (tertiary/aromatic N) is 1. The van der Waals surface area contributed by atoms with Crippen molar-refractivity contribution in [3.63, 3.8) is 0 Å². The smallest absolute Gasteiger partial charge is 0.220 e. The molecule has 0 bridgehead atoms. The molecule has 1 aromatic rings. The van der Waals surface area contributed by atoms with Crippen LogP contribution in [0.3, 0.4) is 0 Å². The minimum Gasteiger partial charge on any atom is -0.379 e. The van der Waals surface area contributed by atoms with Gasteiger partial charge in [-0.15, -0.1) is 0 Å². The molecule has 1 aliphatic rings. The molecule has 0 aliphatic carbocycles. The Balaban J connectivity index is 1.74. The molecule has 2 rings (SSSR count). The van der Waals surface area contributed by atoms with Gasteiger partial charge < -0.3 is 15.4 Å². The summed E-state index contributed by atoms with van der Waals surface area (Å²) in [5.41, 5.74) is 1.23. The van der Waals surface area contributed by atoms with E-state index in [9.17, 15) is 9.59 Å². The Morgan fingerprint density at radius 3 is 2.50 bits per heavy atom. The van der Waals surface area contributed by atoms with E-state index in [4.69, 9.17) is 4.74 Å². The molecule has 1 unspecified atom stereocenters. The van der Waals surface area contributed by atoms with Crippen LogP contribution in [0.2, 0.25) is 0 Å². The average molecular weight is 361 g/mol. The van der Waals surface area contributed by atoms with Crippen molar-refractivity contribution in [2.75, 3.05) is 39.4 Å². The second-order valence-electron chi connectivity index (χ2n) is 6.67. The number of morpholine rings is 1. The highest BCUT2D eigenvalue weighted by atomic mass is 16.5. The zero-order valence-corrected chi connectivity index (χ0v) is 15.7. The average Bonchev–Trinajstić information content (AvgIpc) is 2.66. The highest BCUT2D eigenvalue weighted by Crippen LogP contribution is 2.21. The van der Waals surface area contributed by atoms with Gasteiger partial charge in [0.05, 0.1) is 19.3 Å². The van der Waals surface area contributed by atoms with Gasteiger partial charge >= 0.3 is 0 Å². The van der Waals surface area contributed by atoms with Crippen LogP contribution < -0.4 is 10.6 Å². The molecule has 0 aromatic heterocycles. The summed E-state index contributed by atoms with van der Waals surface area (Å²) in [5.74, 6) is 0.0940. The lowest BCUT2D eigenvalue weighted by atomic mass is 10.0. The Hall–Kier alpha value is -1.92. The molecule has 1 saturated heterocycles. The monoisotopic (exact) mass is 361 g/mol. The lowest BCUT2D eigenvalue weighted by molar-refractivity contribution is -0.122. The molecule has 2 amide bonds. The molecule has 26 heavy (non-hydrogen) atoms. The van der Waals surface area contributed by atoms with Crippen molar-refractivity contribution in [2.24, 2.45) is 0 Å². The summed E-state index contributed by atoms with van der Waals surface area (Å²) in [4.78, 5) is 25.4. The molecule has 6 heteroatoms. The molecule has 1 fully saturated rings. The number of rotatable bonds is 10. The first-order chi connectivity index (χ1) is 12.7. The number of ether oxygens (including phenoxy) is 1. The van der Waals surface area contributed by atoms with Gasteiger partial charge in [-0.1, -0.05) is 36.8 Å². The fourth-order valence-electron chi connectivity index (χ4n) is 3.17. The van der Waals surface area contributed by atoms with Gasteiger partial charge in [0.2, 0.25) is 11.8 Å². The van der Waals surface area contributed by atoms with E-state index >= 15 is 0 Å². The van der Waals surface area contributed by atoms with Crippen LogP contribution in [0.5, 0.6) is 0 Å². The van der Waals surface area contributed by atoms with E-state index in [1.54, 1.807) is 0 Å². The number of carbonyl (C=O) groups excluding carboxylic acids is 2. The molecule has 0 spiro atoms. The third-order valence-electron chi connectivity index (χ3n) is 4.62. The van der Waals surface area contributed by atoms with Gasteiger partial charge in [0.15, 0.2) is 0 Å². The maximum absolute atomic E-state index is 12.2. The van der Waals surface area contributed by atoms with Crippen LogP contribution in [-0.4, -0.2) is 56.1 Å². The summed E-state index contributed by atoms with van der Waals surface area (Å²) < 4.78 is 5.46. The van der Waals surface area contributed by atoms with E-state index in [1.807, 2.05) is 18.2 Å². The molecule has 1 aromatic carbocycles. The molecule has 144 valence electrons. The Labute approximate surface area is 156 Å². The van der Waals surface area contributed by atoms with E-state index < -0.39 is 0 Å². The van der Waals surface area contributed by atoms with Crippen LogP contribution in [0.1, 0.15) is 44.2 Å². The number of carbonyl (C=O) groups is 2. The number of nitrogens with one attached hydrogen (secondary N) is 2. The van der Waals surface area contributed by atoms with Crippen LogP contribution in [-0.2, 0) is 14.3 Å². The van der Waals surface area contributed by atoms with Crippen molar-refractivity contribution in [1.82, 2.24) is 15.5 Å². The van der Waals surface area contributed by atoms with Gasteiger partial charge in [-0.2, -0.15) is 0 Å². The molecular formula is C20H31N3O3. The van der Waals surface area contributed by atoms with Gasteiger partial charge in [-0.25, -0.2) is 0 Å². The van der Waals surface area contributed by atoms with E-state index in [0.717, 1.165) is 45.6 Å². The van der Waals surface area contributed by atoms with Crippen molar-refractivity contribution < 1.29 is 14.3 Å². The first-order valence-corrected chi connectivity index (χ1v) is 9.54. The second kappa shape index (κ2) is 11.6. The van der Waals surface area contributed by atoms with Crippen LogP contribution in [0, 0.1) is 0 Å². The lowest BCUT2D eigenvalue weighted by Crippen LogP contribution is -2.43. The molecular weight excluding hydrogens is 330 g/mol. The van der Waals surface area contributed by atoms with Crippen molar-refractivity contribution in [3.8, 4) is 0 Å². The van der Waals surface area contributed by atoms with Gasteiger partial charge in [-0.05, 0) is 18.4 Å². The largest absolute Gasteiger partial charge is 0.379 e. The van der Waals surface area contributed by atoms with Gasteiger partial charge in [0, 0.05) is 39.5 Å². The van der Waals surface area contributed by atoms with E-state index in [1.165, 1.54) is 12.5 Å². The van der Waals surface area contributed by atoms with E-state index in [0.29, 0.717) is 19.5 Å². The van der Waals surface area contributed by atoms with Crippen molar-refractivity contribution in [2.45, 2.75) is 38.6 Å². The molecule has 1 aliphatic heterocycles. The van der Waals surface area contributed by atoms with Crippen LogP contribution in [0.25, 0.3) is 0 Å². The van der Waals surface area contributed by atoms with Gasteiger partial charge in [0.1, 0.15) is 0 Å². The standard InChI is InChI=1S/C20H31N3O3/c1-17(24)21-11-7-3-6-10-20(25)22-16-19(18-8-4-2-5-9-18)23-12-14-26-15-13-23/h2,4-5,8-9,19H,3,6-7,10-16H2,1H3,(H,21,24)(H,22,25). The Kier molecular flexibility index (Phi) is 9.14. The Morgan fingerprint density at radius 2 is 1.81 bits per heavy atom. The molecule has 1 atom stereocenters. The third-order valence-corrected chi connectivity index (χ3v) is 4.62. The van der Waals surface area contributed by atoms with E-state index in [-0.39, 0.29) is 17.9 Å².